The maximum absolute atomic E-state index is 12.1. The van der Waals surface area contributed by atoms with E-state index in [1.807, 2.05) is 30.3 Å². The van der Waals surface area contributed by atoms with Crippen molar-refractivity contribution >= 4 is 11.7 Å². The van der Waals surface area contributed by atoms with Gasteiger partial charge in [-0.05, 0) is 25.0 Å². The number of hydrogen-bond acceptors (Lipinski definition) is 3. The van der Waals surface area contributed by atoms with Crippen molar-refractivity contribution < 1.29 is 9.90 Å². The maximum Gasteiger partial charge on any atom is 0.319 e. The summed E-state index contributed by atoms with van der Waals surface area (Å²) in [7, 11) is 1.62. The highest BCUT2D eigenvalue weighted by Gasteiger charge is 2.15. The van der Waals surface area contributed by atoms with Crippen LogP contribution in [0.4, 0.5) is 10.5 Å². The number of carbonyl (C=O) groups excluding carboxylic acids is 1. The number of amides is 2. The smallest absolute Gasteiger partial charge is 0.319 e. The lowest BCUT2D eigenvalue weighted by Crippen LogP contribution is -2.33. The second-order valence-electron chi connectivity index (χ2n) is 5.89. The van der Waals surface area contributed by atoms with Crippen LogP contribution in [0.15, 0.2) is 53.5 Å². The van der Waals surface area contributed by atoms with E-state index in [4.69, 9.17) is 0 Å². The van der Waals surface area contributed by atoms with Gasteiger partial charge >= 0.3 is 6.03 Å². The zero-order chi connectivity index (χ0) is 17.5. The fourth-order valence-electron chi connectivity index (χ4n) is 2.53. The molecule has 2 unspecified atom stereocenters. The Labute approximate surface area is 141 Å². The second kappa shape index (κ2) is 8.31. The van der Waals surface area contributed by atoms with E-state index in [0.717, 1.165) is 5.56 Å². The van der Waals surface area contributed by atoms with Gasteiger partial charge in [-0.25, -0.2) is 4.79 Å². The zero-order valence-electron chi connectivity index (χ0n) is 13.9. The van der Waals surface area contributed by atoms with Crippen molar-refractivity contribution in [3.8, 4) is 0 Å². The molecule has 3 N–H and O–H groups in total. The Hall–Kier alpha value is -2.60. The van der Waals surface area contributed by atoms with Crippen molar-refractivity contribution in [3.05, 3.63) is 64.6 Å². The van der Waals surface area contributed by atoms with Crippen LogP contribution in [-0.2, 0) is 7.05 Å². The van der Waals surface area contributed by atoms with Gasteiger partial charge in [0.05, 0.1) is 11.8 Å². The largest absolute Gasteiger partial charge is 0.393 e. The highest BCUT2D eigenvalue weighted by Crippen LogP contribution is 2.20. The normalized spacial score (nSPS) is 13.1. The number of aromatic nitrogens is 1. The highest BCUT2D eigenvalue weighted by atomic mass is 16.3. The predicted octanol–water partition coefficient (Wildman–Crippen LogP) is 2.06. The fraction of sp³-hybridized carbons (Fsp3) is 0.333. The molecule has 128 valence electrons. The average molecular weight is 329 g/mol. The van der Waals surface area contributed by atoms with Crippen LogP contribution < -0.4 is 16.2 Å². The molecule has 1 aromatic carbocycles. The topological polar surface area (TPSA) is 83.4 Å². The van der Waals surface area contributed by atoms with Crippen LogP contribution in [0.2, 0.25) is 0 Å². The predicted molar refractivity (Wildman–Crippen MR) is 94.2 cm³/mol. The number of anilines is 1. The molecule has 2 rings (SSSR count). The van der Waals surface area contributed by atoms with Gasteiger partial charge in [0.25, 0.3) is 0 Å². The molecule has 0 aliphatic rings. The molecule has 24 heavy (non-hydrogen) atoms. The number of nitrogens with one attached hydrogen (secondary N) is 2. The van der Waals surface area contributed by atoms with Gasteiger partial charge in [-0.2, -0.15) is 0 Å². The summed E-state index contributed by atoms with van der Waals surface area (Å²) < 4.78 is 1.40. The minimum Gasteiger partial charge on any atom is -0.393 e. The molecule has 0 aliphatic carbocycles. The van der Waals surface area contributed by atoms with E-state index in [9.17, 15) is 14.7 Å². The average Bonchev–Trinajstić information content (AvgIpc) is 2.55. The van der Waals surface area contributed by atoms with Crippen LogP contribution >= 0.6 is 0 Å². The minimum atomic E-state index is -0.455. The number of nitrogens with zero attached hydrogens (tertiary/aromatic N) is 1. The molecule has 1 aromatic heterocycles. The number of aliphatic hydroxyl groups is 1. The number of urea groups is 1. The lowest BCUT2D eigenvalue weighted by atomic mass is 9.93. The molecule has 2 aromatic rings. The van der Waals surface area contributed by atoms with E-state index in [-0.39, 0.29) is 17.5 Å². The molecule has 2 atom stereocenters. The summed E-state index contributed by atoms with van der Waals surface area (Å²) in [6, 6.07) is 12.4. The van der Waals surface area contributed by atoms with Gasteiger partial charge in [0, 0.05) is 31.8 Å². The monoisotopic (exact) mass is 329 g/mol. The number of carbonyl (C=O) groups is 1. The van der Waals surface area contributed by atoms with Gasteiger partial charge in [0.1, 0.15) is 0 Å². The summed E-state index contributed by atoms with van der Waals surface area (Å²) in [5.74, 6) is 0.0251. The zero-order valence-corrected chi connectivity index (χ0v) is 13.9. The van der Waals surface area contributed by atoms with Crippen LogP contribution in [0.3, 0.4) is 0 Å². The molecule has 6 nitrogen and oxygen atoms in total. The van der Waals surface area contributed by atoms with E-state index in [1.165, 1.54) is 10.6 Å². The Bertz CT molecular complexity index is 726. The van der Waals surface area contributed by atoms with Gasteiger partial charge in [0.2, 0.25) is 5.56 Å². The molecule has 0 bridgehead atoms. The van der Waals surface area contributed by atoms with Crippen molar-refractivity contribution in [2.75, 3.05) is 11.9 Å². The Morgan fingerprint density at radius 3 is 2.54 bits per heavy atom. The lowest BCUT2D eigenvalue weighted by Gasteiger charge is -2.20. The standard InChI is InChI=1S/C18H23N3O3/c1-13(22)10-15(14-6-4-3-5-7-14)11-19-18(24)20-16-8-9-17(23)21(2)12-16/h3-9,12-13,15,22H,10-11H2,1-2H3,(H2,19,20,24). The molecular weight excluding hydrogens is 306 g/mol. The van der Waals surface area contributed by atoms with Crippen molar-refractivity contribution in [2.24, 2.45) is 7.05 Å². The Morgan fingerprint density at radius 1 is 1.21 bits per heavy atom. The lowest BCUT2D eigenvalue weighted by molar-refractivity contribution is 0.173. The Kier molecular flexibility index (Phi) is 6.14. The van der Waals surface area contributed by atoms with Crippen LogP contribution in [0, 0.1) is 0 Å². The van der Waals surface area contributed by atoms with E-state index >= 15 is 0 Å². The van der Waals surface area contributed by atoms with Crippen LogP contribution in [0.25, 0.3) is 0 Å². The maximum atomic E-state index is 12.1. The molecule has 6 heteroatoms. The number of aryl methyl sites for hydroxylation is 1. The van der Waals surface area contributed by atoms with Crippen molar-refractivity contribution in [1.29, 1.82) is 0 Å². The van der Waals surface area contributed by atoms with Crippen molar-refractivity contribution in [2.45, 2.75) is 25.4 Å². The summed E-state index contributed by atoms with van der Waals surface area (Å²) in [6.07, 6.45) is 1.67. The first-order chi connectivity index (χ1) is 11.5. The molecule has 0 aliphatic heterocycles. The number of rotatable bonds is 6. The molecule has 0 saturated heterocycles. The van der Waals surface area contributed by atoms with E-state index in [2.05, 4.69) is 10.6 Å². The molecule has 0 fully saturated rings. The van der Waals surface area contributed by atoms with Gasteiger partial charge < -0.3 is 20.3 Å². The van der Waals surface area contributed by atoms with Gasteiger partial charge in [-0.15, -0.1) is 0 Å². The van der Waals surface area contributed by atoms with Crippen molar-refractivity contribution in [3.63, 3.8) is 0 Å². The van der Waals surface area contributed by atoms with E-state index in [1.54, 1.807) is 26.2 Å². The summed E-state index contributed by atoms with van der Waals surface area (Å²) in [5, 5.41) is 15.2. The Balaban J connectivity index is 1.96. The molecule has 0 saturated carbocycles. The first-order valence-corrected chi connectivity index (χ1v) is 7.90. The molecule has 2 amide bonds. The fourth-order valence-corrected chi connectivity index (χ4v) is 2.53. The quantitative estimate of drug-likeness (QED) is 0.758. The van der Waals surface area contributed by atoms with Crippen LogP contribution in [0.5, 0.6) is 0 Å². The summed E-state index contributed by atoms with van der Waals surface area (Å²) >= 11 is 0. The number of aliphatic hydroxyl groups excluding tert-OH is 1. The van der Waals surface area contributed by atoms with Crippen molar-refractivity contribution in [1.82, 2.24) is 9.88 Å². The van der Waals surface area contributed by atoms with Gasteiger partial charge in [0.15, 0.2) is 0 Å². The first kappa shape index (κ1) is 17.7. The number of benzene rings is 1. The van der Waals surface area contributed by atoms with Gasteiger partial charge in [-0.1, -0.05) is 30.3 Å². The molecule has 0 radical (unpaired) electrons. The summed E-state index contributed by atoms with van der Waals surface area (Å²) in [4.78, 5) is 23.4. The second-order valence-corrected chi connectivity index (χ2v) is 5.89. The third-order valence-electron chi connectivity index (χ3n) is 3.75. The molecule has 1 heterocycles. The summed E-state index contributed by atoms with van der Waals surface area (Å²) in [5.41, 5.74) is 1.48. The highest BCUT2D eigenvalue weighted by molar-refractivity contribution is 5.89. The number of hydrogen-bond donors (Lipinski definition) is 3. The number of pyridine rings is 1. The molecular formula is C18H23N3O3. The summed E-state index contributed by atoms with van der Waals surface area (Å²) in [6.45, 7) is 2.15. The van der Waals surface area contributed by atoms with E-state index in [0.29, 0.717) is 18.7 Å². The third kappa shape index (κ3) is 5.24. The van der Waals surface area contributed by atoms with Crippen LogP contribution in [0.1, 0.15) is 24.8 Å². The molecule has 0 spiro atoms. The van der Waals surface area contributed by atoms with Gasteiger partial charge in [-0.3, -0.25) is 4.79 Å². The first-order valence-electron chi connectivity index (χ1n) is 7.90. The van der Waals surface area contributed by atoms with E-state index < -0.39 is 6.10 Å². The Morgan fingerprint density at radius 2 is 1.92 bits per heavy atom. The SMILES string of the molecule is CC(O)CC(CNC(=O)Nc1ccc(=O)n(C)c1)c1ccccc1. The van der Waals surface area contributed by atoms with Crippen LogP contribution in [-0.4, -0.2) is 28.4 Å². The minimum absolute atomic E-state index is 0.0251. The third-order valence-corrected chi connectivity index (χ3v) is 3.75.